The molecule has 1 fully saturated rings. The SMILES string of the molecule is Cc1cc(C(=O)N2CCCC(C)(O)C2)co1. The molecule has 4 nitrogen and oxygen atoms in total. The minimum absolute atomic E-state index is 0.0585. The summed E-state index contributed by atoms with van der Waals surface area (Å²) in [6, 6.07) is 1.73. The van der Waals surface area contributed by atoms with E-state index in [0.717, 1.165) is 18.6 Å². The first kappa shape index (κ1) is 11.2. The maximum absolute atomic E-state index is 12.1. The minimum atomic E-state index is -0.757. The molecule has 0 bridgehead atoms. The van der Waals surface area contributed by atoms with Gasteiger partial charge in [-0.1, -0.05) is 0 Å². The van der Waals surface area contributed by atoms with Crippen molar-refractivity contribution in [3.8, 4) is 0 Å². The van der Waals surface area contributed by atoms with Crippen molar-refractivity contribution >= 4 is 5.91 Å². The second kappa shape index (κ2) is 3.94. The second-order valence-electron chi connectivity index (χ2n) is 4.77. The molecule has 88 valence electrons. The van der Waals surface area contributed by atoms with Crippen LogP contribution in [0.1, 0.15) is 35.9 Å². The van der Waals surface area contributed by atoms with Gasteiger partial charge in [0.05, 0.1) is 11.2 Å². The molecule has 2 heterocycles. The Morgan fingerprint density at radius 3 is 2.94 bits per heavy atom. The molecule has 0 aliphatic carbocycles. The van der Waals surface area contributed by atoms with E-state index in [9.17, 15) is 9.90 Å². The molecule has 1 saturated heterocycles. The highest BCUT2D eigenvalue weighted by atomic mass is 16.3. The molecule has 2 rings (SSSR count). The number of β-amino-alcohol motifs (C(OH)–C–C–N with tert-alkyl or cyclic N) is 1. The highest BCUT2D eigenvalue weighted by Crippen LogP contribution is 2.22. The van der Waals surface area contributed by atoms with Crippen LogP contribution in [0.2, 0.25) is 0 Å². The van der Waals surface area contributed by atoms with Crippen LogP contribution in [0, 0.1) is 6.92 Å². The average molecular weight is 223 g/mol. The van der Waals surface area contributed by atoms with Crippen LogP contribution in [-0.4, -0.2) is 34.6 Å². The molecule has 1 unspecified atom stereocenters. The van der Waals surface area contributed by atoms with Crippen molar-refractivity contribution in [2.45, 2.75) is 32.3 Å². The van der Waals surface area contributed by atoms with E-state index in [1.54, 1.807) is 17.9 Å². The zero-order chi connectivity index (χ0) is 11.8. The number of amides is 1. The lowest BCUT2D eigenvalue weighted by Crippen LogP contribution is -2.48. The molecular weight excluding hydrogens is 206 g/mol. The number of likely N-dealkylation sites (tertiary alicyclic amines) is 1. The number of furan rings is 1. The largest absolute Gasteiger partial charge is 0.469 e. The lowest BCUT2D eigenvalue weighted by Gasteiger charge is -2.36. The van der Waals surface area contributed by atoms with Crippen molar-refractivity contribution in [1.82, 2.24) is 4.90 Å². The first-order valence-electron chi connectivity index (χ1n) is 5.55. The summed E-state index contributed by atoms with van der Waals surface area (Å²) in [4.78, 5) is 13.7. The zero-order valence-electron chi connectivity index (χ0n) is 9.69. The number of hydrogen-bond acceptors (Lipinski definition) is 3. The number of hydrogen-bond donors (Lipinski definition) is 1. The average Bonchev–Trinajstić information content (AvgIpc) is 2.62. The molecule has 16 heavy (non-hydrogen) atoms. The number of nitrogens with zero attached hydrogens (tertiary/aromatic N) is 1. The Bertz CT molecular complexity index is 395. The summed E-state index contributed by atoms with van der Waals surface area (Å²) in [6.45, 7) is 4.69. The number of aliphatic hydroxyl groups is 1. The molecule has 0 spiro atoms. The molecule has 1 aromatic rings. The number of carbonyl (C=O) groups excluding carboxylic acids is 1. The summed E-state index contributed by atoms with van der Waals surface area (Å²) in [5, 5.41) is 9.93. The monoisotopic (exact) mass is 223 g/mol. The van der Waals surface area contributed by atoms with Gasteiger partial charge in [0, 0.05) is 13.1 Å². The van der Waals surface area contributed by atoms with E-state index in [4.69, 9.17) is 4.42 Å². The molecule has 1 amide bonds. The molecule has 1 aliphatic rings. The number of rotatable bonds is 1. The van der Waals surface area contributed by atoms with Gasteiger partial charge in [0.2, 0.25) is 0 Å². The van der Waals surface area contributed by atoms with Crippen molar-refractivity contribution in [3.63, 3.8) is 0 Å². The molecule has 1 N–H and O–H groups in total. The van der Waals surface area contributed by atoms with Crippen LogP contribution in [-0.2, 0) is 0 Å². The van der Waals surface area contributed by atoms with E-state index < -0.39 is 5.60 Å². The van der Waals surface area contributed by atoms with Crippen LogP contribution in [0.25, 0.3) is 0 Å². The quantitative estimate of drug-likeness (QED) is 0.786. The maximum atomic E-state index is 12.1. The summed E-state index contributed by atoms with van der Waals surface area (Å²) in [5.74, 6) is 0.670. The van der Waals surface area contributed by atoms with Crippen molar-refractivity contribution in [2.24, 2.45) is 0 Å². The molecule has 1 aliphatic heterocycles. The predicted octanol–water partition coefficient (Wildman–Crippen LogP) is 1.58. The molecule has 0 radical (unpaired) electrons. The van der Waals surface area contributed by atoms with Gasteiger partial charge in [-0.15, -0.1) is 0 Å². The van der Waals surface area contributed by atoms with Crippen LogP contribution >= 0.6 is 0 Å². The second-order valence-corrected chi connectivity index (χ2v) is 4.77. The van der Waals surface area contributed by atoms with Crippen LogP contribution in [0.5, 0.6) is 0 Å². The number of piperidine rings is 1. The van der Waals surface area contributed by atoms with Crippen molar-refractivity contribution in [1.29, 1.82) is 0 Å². The maximum Gasteiger partial charge on any atom is 0.257 e. The van der Waals surface area contributed by atoms with Gasteiger partial charge < -0.3 is 14.4 Å². The summed E-state index contributed by atoms with van der Waals surface area (Å²) < 4.78 is 5.12. The van der Waals surface area contributed by atoms with E-state index >= 15 is 0 Å². The lowest BCUT2D eigenvalue weighted by molar-refractivity contribution is -0.0107. The smallest absolute Gasteiger partial charge is 0.257 e. The fourth-order valence-corrected chi connectivity index (χ4v) is 2.13. The summed E-state index contributed by atoms with van der Waals surface area (Å²) >= 11 is 0. The van der Waals surface area contributed by atoms with Crippen molar-refractivity contribution < 1.29 is 14.3 Å². The number of carbonyl (C=O) groups is 1. The van der Waals surface area contributed by atoms with Gasteiger partial charge in [-0.25, -0.2) is 0 Å². The van der Waals surface area contributed by atoms with Crippen LogP contribution in [0.3, 0.4) is 0 Å². The minimum Gasteiger partial charge on any atom is -0.469 e. The third kappa shape index (κ3) is 2.27. The highest BCUT2D eigenvalue weighted by Gasteiger charge is 2.31. The highest BCUT2D eigenvalue weighted by molar-refractivity contribution is 5.94. The third-order valence-electron chi connectivity index (χ3n) is 2.94. The van der Waals surface area contributed by atoms with Gasteiger partial charge in [0.25, 0.3) is 5.91 Å². The molecule has 0 aromatic carbocycles. The first-order valence-corrected chi connectivity index (χ1v) is 5.55. The lowest BCUT2D eigenvalue weighted by atomic mass is 9.95. The summed E-state index contributed by atoms with van der Waals surface area (Å²) in [5.41, 5.74) is -0.192. The Morgan fingerprint density at radius 2 is 2.38 bits per heavy atom. The van der Waals surface area contributed by atoms with Gasteiger partial charge in [-0.2, -0.15) is 0 Å². The molecule has 1 aromatic heterocycles. The Labute approximate surface area is 94.9 Å². The van der Waals surface area contributed by atoms with Gasteiger partial charge in [-0.05, 0) is 32.8 Å². The van der Waals surface area contributed by atoms with E-state index in [1.165, 1.54) is 6.26 Å². The van der Waals surface area contributed by atoms with Gasteiger partial charge in [0.15, 0.2) is 0 Å². The first-order chi connectivity index (χ1) is 7.48. The Hall–Kier alpha value is -1.29. The molecular formula is C12H17NO3. The number of aryl methyl sites for hydroxylation is 1. The third-order valence-corrected chi connectivity index (χ3v) is 2.94. The molecule has 1 atom stereocenters. The molecule has 0 saturated carbocycles. The summed E-state index contributed by atoms with van der Waals surface area (Å²) in [7, 11) is 0. The fraction of sp³-hybridized carbons (Fsp3) is 0.583. The van der Waals surface area contributed by atoms with Crippen molar-refractivity contribution in [2.75, 3.05) is 13.1 Å². The zero-order valence-corrected chi connectivity index (χ0v) is 9.69. The Kier molecular flexibility index (Phi) is 2.76. The Balaban J connectivity index is 2.10. The predicted molar refractivity (Wildman–Crippen MR) is 59.2 cm³/mol. The van der Waals surface area contributed by atoms with Crippen LogP contribution in [0.4, 0.5) is 0 Å². The van der Waals surface area contributed by atoms with Gasteiger partial charge in [0.1, 0.15) is 12.0 Å². The standard InChI is InChI=1S/C12H17NO3/c1-9-6-10(7-16-9)11(14)13-5-3-4-12(2,15)8-13/h6-7,15H,3-5,8H2,1-2H3. The van der Waals surface area contributed by atoms with Gasteiger partial charge in [-0.3, -0.25) is 4.79 Å². The molecule has 4 heteroatoms. The fourth-order valence-electron chi connectivity index (χ4n) is 2.13. The summed E-state index contributed by atoms with van der Waals surface area (Å²) in [6.07, 6.45) is 3.07. The van der Waals surface area contributed by atoms with Gasteiger partial charge >= 0.3 is 0 Å². The van der Waals surface area contributed by atoms with Crippen LogP contribution < -0.4 is 0 Å². The Morgan fingerprint density at radius 1 is 1.62 bits per heavy atom. The topological polar surface area (TPSA) is 53.7 Å². The van der Waals surface area contributed by atoms with E-state index in [0.29, 0.717) is 18.7 Å². The van der Waals surface area contributed by atoms with Crippen LogP contribution in [0.15, 0.2) is 16.7 Å². The van der Waals surface area contributed by atoms with E-state index in [1.807, 2.05) is 6.92 Å². The van der Waals surface area contributed by atoms with E-state index in [-0.39, 0.29) is 5.91 Å². The van der Waals surface area contributed by atoms with E-state index in [2.05, 4.69) is 0 Å². The van der Waals surface area contributed by atoms with Crippen molar-refractivity contribution in [3.05, 3.63) is 23.7 Å². The normalized spacial score (nSPS) is 25.8.